The smallest absolute Gasteiger partial charge is 0.330 e. The maximum absolute atomic E-state index is 11.5. The average molecular weight is 385 g/mol. The molecule has 4 nitrogen and oxygen atoms in total. The van der Waals surface area contributed by atoms with E-state index >= 15 is 0 Å². The Labute approximate surface area is 168 Å². The lowest BCUT2D eigenvalue weighted by Crippen LogP contribution is -2.34. The molecule has 1 aromatic rings. The summed E-state index contributed by atoms with van der Waals surface area (Å²) in [7, 11) is 0. The first kappa shape index (κ1) is 22.1. The van der Waals surface area contributed by atoms with Gasteiger partial charge < -0.3 is 14.9 Å². The number of esters is 1. The molecule has 152 valence electrons. The van der Waals surface area contributed by atoms with E-state index in [9.17, 15) is 15.0 Å². The molecule has 0 saturated heterocycles. The lowest BCUT2D eigenvalue weighted by molar-refractivity contribution is -0.150. The van der Waals surface area contributed by atoms with Crippen LogP contribution in [0.1, 0.15) is 45.1 Å². The van der Waals surface area contributed by atoms with Crippen LogP contribution in [0.3, 0.4) is 0 Å². The summed E-state index contributed by atoms with van der Waals surface area (Å²) in [5, 5.41) is 20.3. The van der Waals surface area contributed by atoms with E-state index < -0.39 is 12.2 Å². The Morgan fingerprint density at radius 3 is 2.61 bits per heavy atom. The van der Waals surface area contributed by atoms with Crippen molar-refractivity contribution in [1.82, 2.24) is 0 Å². The van der Waals surface area contributed by atoms with E-state index in [0.29, 0.717) is 12.8 Å². The van der Waals surface area contributed by atoms with Crippen molar-refractivity contribution in [3.8, 4) is 0 Å². The zero-order valence-corrected chi connectivity index (χ0v) is 16.8. The minimum absolute atomic E-state index is 0.136. The van der Waals surface area contributed by atoms with E-state index in [-0.39, 0.29) is 23.9 Å². The third-order valence-electron chi connectivity index (χ3n) is 5.19. The molecule has 0 bridgehead atoms. The van der Waals surface area contributed by atoms with Crippen LogP contribution in [0.2, 0.25) is 0 Å². The number of rotatable bonds is 10. The van der Waals surface area contributed by atoms with Crippen LogP contribution in [0.4, 0.5) is 0 Å². The molecule has 0 unspecified atom stereocenters. The fraction of sp³-hybridized carbons (Fsp3) is 0.458. The number of aliphatic hydroxyl groups is 2. The van der Waals surface area contributed by atoms with Crippen LogP contribution in [0.5, 0.6) is 0 Å². The van der Waals surface area contributed by atoms with Crippen molar-refractivity contribution in [3.63, 3.8) is 0 Å². The van der Waals surface area contributed by atoms with Gasteiger partial charge in [0, 0.05) is 18.4 Å². The van der Waals surface area contributed by atoms with Crippen molar-refractivity contribution in [3.05, 3.63) is 66.3 Å². The summed E-state index contributed by atoms with van der Waals surface area (Å²) in [6, 6.07) is 9.94. The Bertz CT molecular complexity index is 677. The summed E-state index contributed by atoms with van der Waals surface area (Å²) >= 11 is 0. The van der Waals surface area contributed by atoms with Crippen LogP contribution in [-0.2, 0) is 9.53 Å². The normalized spacial score (nSPS) is 23.1. The average Bonchev–Trinajstić information content (AvgIpc) is 2.70. The summed E-state index contributed by atoms with van der Waals surface area (Å²) in [6.07, 6.45) is 11.9. The Kier molecular flexibility index (Phi) is 9.18. The second-order valence-electron chi connectivity index (χ2n) is 7.50. The highest BCUT2D eigenvalue weighted by Crippen LogP contribution is 2.28. The Hall–Kier alpha value is -2.17. The fourth-order valence-corrected chi connectivity index (χ4v) is 3.50. The molecule has 2 N–H and O–H groups in total. The highest BCUT2D eigenvalue weighted by atomic mass is 16.5. The van der Waals surface area contributed by atoms with E-state index in [4.69, 9.17) is 4.74 Å². The van der Waals surface area contributed by atoms with Gasteiger partial charge in [0.15, 0.2) is 0 Å². The first-order chi connectivity index (χ1) is 13.5. The van der Waals surface area contributed by atoms with Gasteiger partial charge in [-0.15, -0.1) is 0 Å². The minimum Gasteiger partial charge on any atom is -0.458 e. The van der Waals surface area contributed by atoms with Crippen molar-refractivity contribution in [2.75, 3.05) is 0 Å². The van der Waals surface area contributed by atoms with Gasteiger partial charge in [-0.1, -0.05) is 74.6 Å². The number of benzene rings is 1. The number of ether oxygens (including phenoxy) is 1. The van der Waals surface area contributed by atoms with Gasteiger partial charge in [-0.2, -0.15) is 0 Å². The maximum Gasteiger partial charge on any atom is 0.330 e. The first-order valence-corrected chi connectivity index (χ1v) is 10.1. The fourth-order valence-electron chi connectivity index (χ4n) is 3.50. The van der Waals surface area contributed by atoms with Crippen molar-refractivity contribution >= 4 is 12.0 Å². The molecule has 2 rings (SSSR count). The second-order valence-corrected chi connectivity index (χ2v) is 7.50. The molecule has 4 heteroatoms. The molecule has 0 radical (unpaired) electrons. The summed E-state index contributed by atoms with van der Waals surface area (Å²) < 4.78 is 5.49. The zero-order valence-electron chi connectivity index (χ0n) is 16.8. The molecule has 0 saturated carbocycles. The van der Waals surface area contributed by atoms with Gasteiger partial charge in [0.2, 0.25) is 0 Å². The number of hydrogen-bond acceptors (Lipinski definition) is 4. The lowest BCUT2D eigenvalue weighted by atomic mass is 9.85. The molecule has 0 aromatic heterocycles. The number of hydrogen-bond donors (Lipinski definition) is 2. The van der Waals surface area contributed by atoms with Crippen molar-refractivity contribution in [2.24, 2.45) is 11.8 Å². The first-order valence-electron chi connectivity index (χ1n) is 10.1. The van der Waals surface area contributed by atoms with Gasteiger partial charge >= 0.3 is 5.97 Å². The van der Waals surface area contributed by atoms with Gasteiger partial charge in [-0.3, -0.25) is 0 Å². The standard InChI is InChI=1S/C24H32O4/c1-3-20-14-16-23(27)28-24(20)18(2)13-15-22(26)17-21(25)12-8-7-11-19-9-5-4-6-10-19/h4-12,14,16,18,20-22,24-26H,3,13,15,17H2,1-2H3/b11-7+,12-8+/t18-,20-,21-,22-,24-/m0/s1. The highest BCUT2D eigenvalue weighted by Gasteiger charge is 2.30. The van der Waals surface area contributed by atoms with Crippen LogP contribution >= 0.6 is 0 Å². The molecule has 0 aliphatic carbocycles. The second kappa shape index (κ2) is 11.6. The molecule has 0 amide bonds. The van der Waals surface area contributed by atoms with Gasteiger partial charge in [-0.25, -0.2) is 4.79 Å². The minimum atomic E-state index is -0.690. The predicted octanol–water partition coefficient (Wildman–Crippen LogP) is 4.29. The molecule has 1 aliphatic rings. The van der Waals surface area contributed by atoms with E-state index in [2.05, 4.69) is 13.8 Å². The van der Waals surface area contributed by atoms with Crippen LogP contribution in [0.15, 0.2) is 60.7 Å². The van der Waals surface area contributed by atoms with E-state index in [1.165, 1.54) is 6.08 Å². The van der Waals surface area contributed by atoms with Gasteiger partial charge in [0.1, 0.15) is 6.10 Å². The van der Waals surface area contributed by atoms with Gasteiger partial charge in [0.05, 0.1) is 12.2 Å². The molecule has 1 aromatic carbocycles. The maximum atomic E-state index is 11.5. The van der Waals surface area contributed by atoms with E-state index in [1.54, 1.807) is 12.2 Å². The molecule has 1 heterocycles. The number of aliphatic hydroxyl groups excluding tert-OH is 2. The number of cyclic esters (lactones) is 1. The topological polar surface area (TPSA) is 66.8 Å². The summed E-state index contributed by atoms with van der Waals surface area (Å²) in [6.45, 7) is 4.13. The van der Waals surface area contributed by atoms with Crippen molar-refractivity contribution < 1.29 is 19.7 Å². The quantitative estimate of drug-likeness (QED) is 0.466. The Morgan fingerprint density at radius 1 is 1.14 bits per heavy atom. The molecule has 1 aliphatic heterocycles. The third kappa shape index (κ3) is 7.45. The SMILES string of the molecule is CC[C@H]1C=CC(=O)O[C@H]1[C@@H](C)CC[C@H](O)C[C@@H](O)/C=C/C=C/c1ccccc1. The molecule has 5 atom stereocenters. The molecule has 0 fully saturated rings. The van der Waals surface area contributed by atoms with E-state index in [1.807, 2.05) is 48.6 Å². The van der Waals surface area contributed by atoms with Crippen molar-refractivity contribution in [2.45, 2.75) is 57.8 Å². The zero-order chi connectivity index (χ0) is 20.4. The summed E-state index contributed by atoms with van der Waals surface area (Å²) in [5.41, 5.74) is 1.10. The van der Waals surface area contributed by atoms with Gasteiger partial charge in [-0.05, 0) is 30.7 Å². The molecular formula is C24H32O4. The number of carbonyl (C=O) groups is 1. The highest BCUT2D eigenvalue weighted by molar-refractivity contribution is 5.83. The number of carbonyl (C=O) groups excluding carboxylic acids is 1. The van der Waals surface area contributed by atoms with Gasteiger partial charge in [0.25, 0.3) is 0 Å². The van der Waals surface area contributed by atoms with E-state index in [0.717, 1.165) is 18.4 Å². The predicted molar refractivity (Wildman–Crippen MR) is 112 cm³/mol. The lowest BCUT2D eigenvalue weighted by Gasteiger charge is -2.32. The summed E-state index contributed by atoms with van der Waals surface area (Å²) in [5.74, 6) is 0.107. The van der Waals surface area contributed by atoms with Crippen LogP contribution in [0, 0.1) is 11.8 Å². The third-order valence-corrected chi connectivity index (χ3v) is 5.19. The monoisotopic (exact) mass is 384 g/mol. The summed E-state index contributed by atoms with van der Waals surface area (Å²) in [4.78, 5) is 11.5. The largest absolute Gasteiger partial charge is 0.458 e. The van der Waals surface area contributed by atoms with Crippen LogP contribution in [0.25, 0.3) is 6.08 Å². The molecular weight excluding hydrogens is 352 g/mol. The van der Waals surface area contributed by atoms with Crippen molar-refractivity contribution in [1.29, 1.82) is 0 Å². The molecule has 0 spiro atoms. The number of allylic oxidation sites excluding steroid dienone is 2. The van der Waals surface area contributed by atoms with Crippen LogP contribution < -0.4 is 0 Å². The van der Waals surface area contributed by atoms with Crippen LogP contribution in [-0.4, -0.2) is 34.5 Å². The molecule has 28 heavy (non-hydrogen) atoms. The Balaban J connectivity index is 1.73. The Morgan fingerprint density at radius 2 is 1.89 bits per heavy atom.